The first kappa shape index (κ1) is 10.1. The molecule has 15 heavy (non-hydrogen) atoms. The van der Waals surface area contributed by atoms with Gasteiger partial charge in [0, 0.05) is 19.4 Å². The summed E-state index contributed by atoms with van der Waals surface area (Å²) in [7, 11) is 1.91. The van der Waals surface area contributed by atoms with E-state index in [-0.39, 0.29) is 6.61 Å². The third-order valence-corrected chi connectivity index (χ3v) is 2.51. The van der Waals surface area contributed by atoms with Gasteiger partial charge in [0.05, 0.1) is 6.54 Å². The van der Waals surface area contributed by atoms with Crippen molar-refractivity contribution in [2.45, 2.75) is 13.2 Å². The maximum absolute atomic E-state index is 9.05. The van der Waals surface area contributed by atoms with Crippen molar-refractivity contribution in [3.63, 3.8) is 0 Å². The third kappa shape index (κ3) is 1.83. The summed E-state index contributed by atoms with van der Waals surface area (Å²) in [5.74, 6) is 1.38. The molecule has 0 unspecified atom stereocenters. The number of nitrogens with zero attached hydrogens (tertiary/aromatic N) is 4. The Hall–Kier alpha value is -1.47. The number of hydrogen-bond donors (Lipinski definition) is 2. The van der Waals surface area contributed by atoms with E-state index in [2.05, 4.69) is 15.2 Å². The maximum Gasteiger partial charge on any atom is 0.195 e. The number of aliphatic hydroxyl groups is 1. The van der Waals surface area contributed by atoms with Crippen LogP contribution in [0.4, 0.5) is 0 Å². The van der Waals surface area contributed by atoms with E-state index in [0.29, 0.717) is 17.1 Å². The molecule has 0 atom stereocenters. The molecular weight excluding hydrogens is 214 g/mol. The molecule has 0 aliphatic heterocycles. The number of imidazole rings is 1. The van der Waals surface area contributed by atoms with E-state index in [1.54, 1.807) is 10.8 Å². The standard InChI is InChI=1S/C8H11N5OS/c1-12-3-2-9-6(12)4-13-7(5-14)10-11-8(13)15/h2-3,14H,4-5H2,1H3,(H,11,15). The van der Waals surface area contributed by atoms with Gasteiger partial charge in [-0.05, 0) is 12.2 Å². The smallest absolute Gasteiger partial charge is 0.195 e. The number of aryl methyl sites for hydroxylation is 1. The normalized spacial score (nSPS) is 10.8. The Labute approximate surface area is 91.2 Å². The molecule has 2 aromatic rings. The van der Waals surface area contributed by atoms with Gasteiger partial charge < -0.3 is 9.67 Å². The molecule has 6 nitrogen and oxygen atoms in total. The van der Waals surface area contributed by atoms with E-state index in [0.717, 1.165) is 5.82 Å². The van der Waals surface area contributed by atoms with Gasteiger partial charge in [-0.25, -0.2) is 4.98 Å². The molecule has 2 N–H and O–H groups in total. The maximum atomic E-state index is 9.05. The summed E-state index contributed by atoms with van der Waals surface area (Å²) in [4.78, 5) is 4.18. The van der Waals surface area contributed by atoms with Crippen molar-refractivity contribution in [1.82, 2.24) is 24.3 Å². The Morgan fingerprint density at radius 3 is 2.93 bits per heavy atom. The van der Waals surface area contributed by atoms with E-state index < -0.39 is 0 Å². The van der Waals surface area contributed by atoms with Gasteiger partial charge in [-0.15, -0.1) is 0 Å². The predicted molar refractivity (Wildman–Crippen MR) is 55.6 cm³/mol. The molecule has 2 heterocycles. The summed E-state index contributed by atoms with van der Waals surface area (Å²) >= 11 is 5.05. The van der Waals surface area contributed by atoms with Crippen molar-refractivity contribution in [2.75, 3.05) is 0 Å². The summed E-state index contributed by atoms with van der Waals surface area (Å²) < 4.78 is 4.11. The highest BCUT2D eigenvalue weighted by molar-refractivity contribution is 7.71. The zero-order chi connectivity index (χ0) is 10.8. The fourth-order valence-corrected chi connectivity index (χ4v) is 1.54. The van der Waals surface area contributed by atoms with Crippen LogP contribution in [-0.4, -0.2) is 29.4 Å². The summed E-state index contributed by atoms with van der Waals surface area (Å²) in [6, 6.07) is 0. The first-order valence-corrected chi connectivity index (χ1v) is 4.84. The van der Waals surface area contributed by atoms with Crippen LogP contribution in [-0.2, 0) is 20.2 Å². The average Bonchev–Trinajstić information content (AvgIpc) is 2.77. The zero-order valence-corrected chi connectivity index (χ0v) is 9.03. The number of nitrogens with one attached hydrogen (secondary N) is 1. The van der Waals surface area contributed by atoms with Crippen LogP contribution in [0.2, 0.25) is 0 Å². The molecule has 7 heteroatoms. The summed E-state index contributed by atoms with van der Waals surface area (Å²) in [6.07, 6.45) is 3.58. The largest absolute Gasteiger partial charge is 0.388 e. The fraction of sp³-hybridized carbons (Fsp3) is 0.375. The van der Waals surface area contributed by atoms with E-state index in [9.17, 15) is 0 Å². The summed E-state index contributed by atoms with van der Waals surface area (Å²) in [5.41, 5.74) is 0. The topological polar surface area (TPSA) is 71.7 Å². The third-order valence-electron chi connectivity index (χ3n) is 2.20. The Morgan fingerprint density at radius 1 is 1.53 bits per heavy atom. The van der Waals surface area contributed by atoms with Crippen molar-refractivity contribution >= 4 is 12.2 Å². The second kappa shape index (κ2) is 3.95. The predicted octanol–water partition coefficient (Wildman–Crippen LogP) is 0.215. The van der Waals surface area contributed by atoms with Crippen LogP contribution < -0.4 is 0 Å². The molecular formula is C8H11N5OS. The van der Waals surface area contributed by atoms with Gasteiger partial charge in [0.1, 0.15) is 12.4 Å². The summed E-state index contributed by atoms with van der Waals surface area (Å²) in [6.45, 7) is 0.367. The SMILES string of the molecule is Cn1ccnc1Cn1c(CO)n[nH]c1=S. The van der Waals surface area contributed by atoms with Crippen LogP contribution in [0.5, 0.6) is 0 Å². The fourth-order valence-electron chi connectivity index (χ4n) is 1.32. The first-order valence-electron chi connectivity index (χ1n) is 4.43. The molecule has 0 spiro atoms. The van der Waals surface area contributed by atoms with Crippen LogP contribution in [0.15, 0.2) is 12.4 Å². The molecule has 0 radical (unpaired) electrons. The Morgan fingerprint density at radius 2 is 2.33 bits per heavy atom. The number of aromatic nitrogens is 5. The lowest BCUT2D eigenvalue weighted by Crippen LogP contribution is -2.09. The van der Waals surface area contributed by atoms with Crippen LogP contribution in [0, 0.1) is 4.77 Å². The van der Waals surface area contributed by atoms with Crippen LogP contribution >= 0.6 is 12.2 Å². The molecule has 2 rings (SSSR count). The highest BCUT2D eigenvalue weighted by atomic mass is 32.1. The second-order valence-electron chi connectivity index (χ2n) is 3.14. The van der Waals surface area contributed by atoms with Gasteiger partial charge >= 0.3 is 0 Å². The molecule has 0 amide bonds. The first-order chi connectivity index (χ1) is 7.22. The molecule has 0 saturated heterocycles. The zero-order valence-electron chi connectivity index (χ0n) is 8.21. The van der Waals surface area contributed by atoms with E-state index in [4.69, 9.17) is 17.3 Å². The molecule has 0 saturated carbocycles. The lowest BCUT2D eigenvalue weighted by atomic mass is 10.5. The van der Waals surface area contributed by atoms with Crippen molar-refractivity contribution in [3.8, 4) is 0 Å². The second-order valence-corrected chi connectivity index (χ2v) is 3.53. The number of aliphatic hydroxyl groups excluding tert-OH is 1. The van der Waals surface area contributed by atoms with E-state index >= 15 is 0 Å². The average molecular weight is 225 g/mol. The monoisotopic (exact) mass is 225 g/mol. The lowest BCUT2D eigenvalue weighted by molar-refractivity contribution is 0.265. The van der Waals surface area contributed by atoms with E-state index in [1.807, 2.05) is 17.8 Å². The van der Waals surface area contributed by atoms with Gasteiger partial charge in [-0.3, -0.25) is 9.67 Å². The molecule has 0 bridgehead atoms. The molecule has 0 fully saturated rings. The number of aromatic amines is 1. The minimum absolute atomic E-state index is 0.141. The quantitative estimate of drug-likeness (QED) is 0.733. The van der Waals surface area contributed by atoms with Crippen LogP contribution in [0.25, 0.3) is 0 Å². The summed E-state index contributed by atoms with van der Waals surface area (Å²) in [5, 5.41) is 15.6. The van der Waals surface area contributed by atoms with Gasteiger partial charge in [-0.1, -0.05) is 0 Å². The van der Waals surface area contributed by atoms with Crippen LogP contribution in [0.1, 0.15) is 11.6 Å². The van der Waals surface area contributed by atoms with Gasteiger partial charge in [0.15, 0.2) is 10.6 Å². The number of hydrogen-bond acceptors (Lipinski definition) is 4. The van der Waals surface area contributed by atoms with Crippen molar-refractivity contribution in [2.24, 2.45) is 7.05 Å². The van der Waals surface area contributed by atoms with Gasteiger partial charge in [0.2, 0.25) is 0 Å². The Bertz CT molecular complexity index is 511. The minimum atomic E-state index is -0.141. The molecule has 0 aliphatic rings. The molecule has 0 aliphatic carbocycles. The van der Waals surface area contributed by atoms with Gasteiger partial charge in [0.25, 0.3) is 0 Å². The Balaban J connectivity index is 2.35. The Kier molecular flexibility index (Phi) is 2.65. The van der Waals surface area contributed by atoms with Crippen molar-refractivity contribution in [3.05, 3.63) is 28.8 Å². The highest BCUT2D eigenvalue weighted by Gasteiger charge is 2.07. The number of H-pyrrole nitrogens is 1. The van der Waals surface area contributed by atoms with Gasteiger partial charge in [-0.2, -0.15) is 5.10 Å². The lowest BCUT2D eigenvalue weighted by Gasteiger charge is -2.04. The van der Waals surface area contributed by atoms with E-state index in [1.165, 1.54) is 0 Å². The van der Waals surface area contributed by atoms with Crippen molar-refractivity contribution < 1.29 is 5.11 Å². The minimum Gasteiger partial charge on any atom is -0.388 e. The highest BCUT2D eigenvalue weighted by Crippen LogP contribution is 2.03. The number of rotatable bonds is 3. The van der Waals surface area contributed by atoms with Crippen molar-refractivity contribution in [1.29, 1.82) is 0 Å². The molecule has 80 valence electrons. The van der Waals surface area contributed by atoms with Crippen LogP contribution in [0.3, 0.4) is 0 Å². The molecule has 2 aromatic heterocycles. The molecule has 0 aromatic carbocycles.